The van der Waals surface area contributed by atoms with Crippen molar-refractivity contribution in [2.24, 2.45) is 0 Å². The van der Waals surface area contributed by atoms with Crippen molar-refractivity contribution in [1.29, 1.82) is 0 Å². The molecule has 78 valence electrons. The second-order valence-electron chi connectivity index (χ2n) is 4.28. The van der Waals surface area contributed by atoms with Crippen LogP contribution >= 0.6 is 0 Å². The van der Waals surface area contributed by atoms with E-state index in [0.29, 0.717) is 12.1 Å². The zero-order chi connectivity index (χ0) is 9.80. The van der Waals surface area contributed by atoms with E-state index in [9.17, 15) is 0 Å². The molecule has 1 aromatic heterocycles. The number of rotatable bonds is 3. The first-order valence-electron chi connectivity index (χ1n) is 5.64. The highest BCUT2D eigenvalue weighted by Crippen LogP contribution is 2.21. The van der Waals surface area contributed by atoms with Crippen molar-refractivity contribution < 1.29 is 4.42 Å². The molecule has 14 heavy (non-hydrogen) atoms. The minimum Gasteiger partial charge on any atom is -0.472 e. The lowest BCUT2D eigenvalue weighted by atomic mass is 9.94. The molecule has 1 fully saturated rings. The summed E-state index contributed by atoms with van der Waals surface area (Å²) in [6.45, 7) is 2.21. The zero-order valence-corrected chi connectivity index (χ0v) is 8.83. The van der Waals surface area contributed by atoms with E-state index < -0.39 is 0 Å². The van der Waals surface area contributed by atoms with Crippen LogP contribution in [0.3, 0.4) is 0 Å². The van der Waals surface area contributed by atoms with Crippen LogP contribution < -0.4 is 5.32 Å². The minimum absolute atomic E-state index is 0.428. The van der Waals surface area contributed by atoms with E-state index in [-0.39, 0.29) is 0 Å². The van der Waals surface area contributed by atoms with Gasteiger partial charge in [-0.3, -0.25) is 0 Å². The van der Waals surface area contributed by atoms with Crippen LogP contribution in [0.15, 0.2) is 23.0 Å². The molecule has 1 N–H and O–H groups in total. The first-order chi connectivity index (χ1) is 6.86. The molecule has 0 bridgehead atoms. The van der Waals surface area contributed by atoms with Crippen molar-refractivity contribution in [2.45, 2.75) is 51.1 Å². The first kappa shape index (κ1) is 9.78. The molecule has 2 nitrogen and oxygen atoms in total. The lowest BCUT2D eigenvalue weighted by Crippen LogP contribution is -2.32. The number of nitrogens with one attached hydrogen (secondary N) is 1. The monoisotopic (exact) mass is 193 g/mol. The fraction of sp³-hybridized carbons (Fsp3) is 0.667. The van der Waals surface area contributed by atoms with Crippen molar-refractivity contribution >= 4 is 0 Å². The first-order valence-corrected chi connectivity index (χ1v) is 5.64. The van der Waals surface area contributed by atoms with E-state index in [1.165, 1.54) is 37.7 Å². The topological polar surface area (TPSA) is 25.2 Å². The number of hydrogen-bond donors (Lipinski definition) is 1. The van der Waals surface area contributed by atoms with Gasteiger partial charge in [0.15, 0.2) is 0 Å². The van der Waals surface area contributed by atoms with E-state index >= 15 is 0 Å². The standard InChI is InChI=1S/C12H19NO/c1-10(11-7-8-14-9-11)13-12-5-3-2-4-6-12/h7-10,12-13H,2-6H2,1H3. The van der Waals surface area contributed by atoms with E-state index in [4.69, 9.17) is 4.42 Å². The third kappa shape index (κ3) is 2.38. The molecule has 0 spiro atoms. The Bertz CT molecular complexity index is 249. The SMILES string of the molecule is CC(NC1CCCCC1)c1ccoc1. The molecule has 1 aliphatic rings. The van der Waals surface area contributed by atoms with Gasteiger partial charge in [0.05, 0.1) is 12.5 Å². The Kier molecular flexibility index (Phi) is 3.25. The van der Waals surface area contributed by atoms with Crippen LogP contribution in [0.25, 0.3) is 0 Å². The van der Waals surface area contributed by atoms with Gasteiger partial charge in [-0.1, -0.05) is 19.3 Å². The van der Waals surface area contributed by atoms with Gasteiger partial charge < -0.3 is 9.73 Å². The molecule has 0 saturated heterocycles. The summed E-state index contributed by atoms with van der Waals surface area (Å²) in [5.74, 6) is 0. The normalized spacial score (nSPS) is 20.9. The lowest BCUT2D eigenvalue weighted by Gasteiger charge is -2.26. The highest BCUT2D eigenvalue weighted by atomic mass is 16.3. The molecule has 0 aliphatic heterocycles. The summed E-state index contributed by atoms with van der Waals surface area (Å²) in [6, 6.07) is 3.19. The molecule has 2 rings (SSSR count). The van der Waals surface area contributed by atoms with Crippen LogP contribution in [0.4, 0.5) is 0 Å². The maximum absolute atomic E-state index is 5.08. The molecule has 2 heteroatoms. The smallest absolute Gasteiger partial charge is 0.0950 e. The van der Waals surface area contributed by atoms with Crippen molar-refractivity contribution in [3.8, 4) is 0 Å². The van der Waals surface area contributed by atoms with Crippen LogP contribution in [-0.2, 0) is 0 Å². The quantitative estimate of drug-likeness (QED) is 0.797. The third-order valence-electron chi connectivity index (χ3n) is 3.13. The van der Waals surface area contributed by atoms with Crippen LogP contribution in [0.1, 0.15) is 50.6 Å². The molecule has 1 atom stereocenters. The molecular formula is C12H19NO. The van der Waals surface area contributed by atoms with Crippen molar-refractivity contribution in [2.75, 3.05) is 0 Å². The summed E-state index contributed by atoms with van der Waals surface area (Å²) < 4.78 is 5.08. The summed E-state index contributed by atoms with van der Waals surface area (Å²) in [5, 5.41) is 3.66. The molecule has 0 aromatic carbocycles. The number of hydrogen-bond acceptors (Lipinski definition) is 2. The molecule has 0 amide bonds. The summed E-state index contributed by atoms with van der Waals surface area (Å²) in [6.07, 6.45) is 10.4. The second-order valence-corrected chi connectivity index (χ2v) is 4.28. The van der Waals surface area contributed by atoms with Gasteiger partial charge in [-0.15, -0.1) is 0 Å². The van der Waals surface area contributed by atoms with Gasteiger partial charge in [-0.25, -0.2) is 0 Å². The maximum Gasteiger partial charge on any atom is 0.0950 e. The summed E-state index contributed by atoms with van der Waals surface area (Å²) in [4.78, 5) is 0. The van der Waals surface area contributed by atoms with E-state index in [2.05, 4.69) is 12.2 Å². The second kappa shape index (κ2) is 4.65. The Balaban J connectivity index is 1.84. The van der Waals surface area contributed by atoms with Gasteiger partial charge in [0.2, 0.25) is 0 Å². The fourth-order valence-corrected chi connectivity index (χ4v) is 2.24. The van der Waals surface area contributed by atoms with Gasteiger partial charge >= 0.3 is 0 Å². The molecule has 1 unspecified atom stereocenters. The summed E-state index contributed by atoms with van der Waals surface area (Å²) in [5.41, 5.74) is 1.26. The van der Waals surface area contributed by atoms with Crippen LogP contribution in [0, 0.1) is 0 Å². The molecular weight excluding hydrogens is 174 g/mol. The Morgan fingerprint density at radius 2 is 2.14 bits per heavy atom. The minimum atomic E-state index is 0.428. The lowest BCUT2D eigenvalue weighted by molar-refractivity contribution is 0.346. The average Bonchev–Trinajstić information content (AvgIpc) is 2.72. The predicted molar refractivity (Wildman–Crippen MR) is 57.1 cm³/mol. The Hall–Kier alpha value is -0.760. The maximum atomic E-state index is 5.08. The summed E-state index contributed by atoms with van der Waals surface area (Å²) in [7, 11) is 0. The highest BCUT2D eigenvalue weighted by molar-refractivity contribution is 5.10. The van der Waals surface area contributed by atoms with Crippen LogP contribution in [-0.4, -0.2) is 6.04 Å². The van der Waals surface area contributed by atoms with Crippen molar-refractivity contribution in [3.05, 3.63) is 24.2 Å². The summed E-state index contributed by atoms with van der Waals surface area (Å²) >= 11 is 0. The molecule has 1 aromatic rings. The highest BCUT2D eigenvalue weighted by Gasteiger charge is 2.16. The van der Waals surface area contributed by atoms with Crippen molar-refractivity contribution in [3.63, 3.8) is 0 Å². The van der Waals surface area contributed by atoms with Gasteiger partial charge in [0, 0.05) is 17.6 Å². The Morgan fingerprint density at radius 1 is 1.36 bits per heavy atom. The van der Waals surface area contributed by atoms with E-state index in [1.807, 2.05) is 12.3 Å². The largest absolute Gasteiger partial charge is 0.472 e. The van der Waals surface area contributed by atoms with Gasteiger partial charge in [0.1, 0.15) is 0 Å². The zero-order valence-electron chi connectivity index (χ0n) is 8.83. The van der Waals surface area contributed by atoms with E-state index in [1.54, 1.807) is 6.26 Å². The average molecular weight is 193 g/mol. The number of furan rings is 1. The van der Waals surface area contributed by atoms with Crippen molar-refractivity contribution in [1.82, 2.24) is 5.32 Å². The van der Waals surface area contributed by atoms with Gasteiger partial charge in [-0.05, 0) is 25.8 Å². The van der Waals surface area contributed by atoms with Crippen LogP contribution in [0.5, 0.6) is 0 Å². The Morgan fingerprint density at radius 3 is 2.79 bits per heavy atom. The molecule has 1 saturated carbocycles. The van der Waals surface area contributed by atoms with E-state index in [0.717, 1.165) is 0 Å². The van der Waals surface area contributed by atoms with Crippen LogP contribution in [0.2, 0.25) is 0 Å². The van der Waals surface area contributed by atoms with Gasteiger partial charge in [-0.2, -0.15) is 0 Å². The molecule has 0 radical (unpaired) electrons. The fourth-order valence-electron chi connectivity index (χ4n) is 2.24. The molecule has 1 heterocycles. The predicted octanol–water partition coefficient (Wildman–Crippen LogP) is 3.26. The Labute approximate surface area is 85.7 Å². The van der Waals surface area contributed by atoms with Gasteiger partial charge in [0.25, 0.3) is 0 Å². The molecule has 1 aliphatic carbocycles. The third-order valence-corrected chi connectivity index (χ3v) is 3.13.